The molecule has 2 aromatic rings. The predicted octanol–water partition coefficient (Wildman–Crippen LogP) is 2.03. The first kappa shape index (κ1) is 13.1. The van der Waals surface area contributed by atoms with Crippen LogP contribution < -0.4 is 10.2 Å². The van der Waals surface area contributed by atoms with Crippen molar-refractivity contribution in [3.05, 3.63) is 36.4 Å². The van der Waals surface area contributed by atoms with E-state index < -0.39 is 5.97 Å². The lowest BCUT2D eigenvalue weighted by Gasteiger charge is -2.00. The minimum atomic E-state index is -0.651. The van der Waals surface area contributed by atoms with Gasteiger partial charge < -0.3 is 14.0 Å². The van der Waals surface area contributed by atoms with Crippen molar-refractivity contribution in [2.75, 3.05) is 13.7 Å². The van der Waals surface area contributed by atoms with Gasteiger partial charge in [-0.2, -0.15) is 5.48 Å². The molecule has 19 heavy (non-hydrogen) atoms. The molecule has 2 rings (SSSR count). The summed E-state index contributed by atoms with van der Waals surface area (Å²) < 4.78 is 10.4. The molecule has 0 aliphatic rings. The van der Waals surface area contributed by atoms with Crippen LogP contribution in [0.5, 0.6) is 5.75 Å². The first-order chi connectivity index (χ1) is 9.24. The minimum absolute atomic E-state index is 0.0910. The van der Waals surface area contributed by atoms with Gasteiger partial charge in [0.1, 0.15) is 5.75 Å². The van der Waals surface area contributed by atoms with Gasteiger partial charge in [-0.1, -0.05) is 0 Å². The second-order valence-electron chi connectivity index (χ2n) is 3.65. The molecule has 0 atom stereocenters. The molecule has 100 valence electrons. The number of nitrogens with one attached hydrogen (secondary N) is 1. The summed E-state index contributed by atoms with van der Waals surface area (Å²) in [6.07, 6.45) is 1.48. The number of benzene rings is 1. The summed E-state index contributed by atoms with van der Waals surface area (Å²) >= 11 is 0. The van der Waals surface area contributed by atoms with Crippen LogP contribution in [0.15, 0.2) is 34.9 Å². The fourth-order valence-electron chi connectivity index (χ4n) is 1.44. The van der Waals surface area contributed by atoms with Crippen molar-refractivity contribution in [1.29, 1.82) is 0 Å². The highest BCUT2D eigenvalue weighted by atomic mass is 16.7. The fraction of sp³-hybridized carbons (Fsp3) is 0.231. The van der Waals surface area contributed by atoms with E-state index in [0.29, 0.717) is 12.3 Å². The maximum atomic E-state index is 11.5. The monoisotopic (exact) mass is 262 g/mol. The van der Waals surface area contributed by atoms with E-state index in [4.69, 9.17) is 14.0 Å². The van der Waals surface area contributed by atoms with Crippen LogP contribution in [-0.2, 0) is 4.84 Å². The van der Waals surface area contributed by atoms with E-state index in [1.54, 1.807) is 19.2 Å². The topological polar surface area (TPSA) is 73.6 Å². The van der Waals surface area contributed by atoms with Gasteiger partial charge in [0, 0.05) is 12.1 Å². The molecule has 0 spiro atoms. The molecule has 1 aromatic carbocycles. The van der Waals surface area contributed by atoms with Crippen molar-refractivity contribution in [3.8, 4) is 17.1 Å². The summed E-state index contributed by atoms with van der Waals surface area (Å²) in [5, 5.41) is 0. The molecule has 0 radical (unpaired) electrons. The molecule has 1 heterocycles. The molecule has 0 unspecified atom stereocenters. The Morgan fingerprint density at radius 2 is 2.11 bits per heavy atom. The van der Waals surface area contributed by atoms with E-state index in [9.17, 15) is 4.79 Å². The number of hydrogen-bond acceptors (Lipinski definition) is 6. The fourth-order valence-corrected chi connectivity index (χ4v) is 1.44. The van der Waals surface area contributed by atoms with Crippen LogP contribution in [0.2, 0.25) is 0 Å². The molecule has 0 amide bonds. The highest BCUT2D eigenvalue weighted by molar-refractivity contribution is 5.84. The summed E-state index contributed by atoms with van der Waals surface area (Å²) in [6.45, 7) is 2.32. The molecule has 1 aromatic heterocycles. The quantitative estimate of drug-likeness (QED) is 0.831. The molecule has 0 aliphatic heterocycles. The number of hydrogen-bond donors (Lipinski definition) is 1. The zero-order chi connectivity index (χ0) is 13.7. The SMILES string of the molecule is CCNOC(=O)c1ncc(-c2ccc(OC)cc2)o1. The van der Waals surface area contributed by atoms with Crippen LogP contribution in [0.1, 0.15) is 17.6 Å². The smallest absolute Gasteiger partial charge is 0.413 e. The Morgan fingerprint density at radius 1 is 1.37 bits per heavy atom. The standard InChI is InChI=1S/C13H14N2O4/c1-3-15-19-13(16)12-14-8-11(18-12)9-4-6-10(17-2)7-5-9/h4-8,15H,3H2,1-2H3. The van der Waals surface area contributed by atoms with Crippen molar-refractivity contribution in [2.24, 2.45) is 0 Å². The normalized spacial score (nSPS) is 10.2. The third kappa shape index (κ3) is 3.11. The number of nitrogens with zero attached hydrogens (tertiary/aromatic N) is 1. The Kier molecular flexibility index (Phi) is 4.15. The maximum Gasteiger partial charge on any atom is 0.413 e. The third-order valence-corrected chi connectivity index (χ3v) is 2.36. The van der Waals surface area contributed by atoms with Crippen molar-refractivity contribution in [3.63, 3.8) is 0 Å². The summed E-state index contributed by atoms with van der Waals surface area (Å²) in [5.74, 6) is 0.495. The third-order valence-electron chi connectivity index (χ3n) is 2.36. The summed E-state index contributed by atoms with van der Waals surface area (Å²) in [6, 6.07) is 7.24. The lowest BCUT2D eigenvalue weighted by molar-refractivity contribution is 0.0221. The molecule has 0 aliphatic carbocycles. The average Bonchev–Trinajstić information content (AvgIpc) is 2.94. The largest absolute Gasteiger partial charge is 0.497 e. The van der Waals surface area contributed by atoms with Gasteiger partial charge in [0.25, 0.3) is 0 Å². The maximum absolute atomic E-state index is 11.5. The second kappa shape index (κ2) is 6.01. The number of rotatable bonds is 5. The van der Waals surface area contributed by atoms with E-state index >= 15 is 0 Å². The molecule has 1 N–H and O–H groups in total. The van der Waals surface area contributed by atoms with E-state index in [1.165, 1.54) is 6.20 Å². The van der Waals surface area contributed by atoms with Crippen molar-refractivity contribution in [1.82, 2.24) is 10.5 Å². The number of methoxy groups -OCH3 is 1. The molecule has 6 nitrogen and oxygen atoms in total. The number of aromatic nitrogens is 1. The Labute approximate surface area is 110 Å². The number of carbonyl (C=O) groups is 1. The first-order valence-corrected chi connectivity index (χ1v) is 5.79. The lowest BCUT2D eigenvalue weighted by atomic mass is 10.2. The van der Waals surface area contributed by atoms with Crippen LogP contribution in [0.25, 0.3) is 11.3 Å². The molecular formula is C13H14N2O4. The Balaban J connectivity index is 2.13. The number of oxazole rings is 1. The van der Waals surface area contributed by atoms with Gasteiger partial charge in [-0.05, 0) is 31.2 Å². The van der Waals surface area contributed by atoms with Crippen LogP contribution in [0.4, 0.5) is 0 Å². The van der Waals surface area contributed by atoms with Gasteiger partial charge in [0.15, 0.2) is 5.76 Å². The van der Waals surface area contributed by atoms with Crippen LogP contribution in [0.3, 0.4) is 0 Å². The molecule has 0 fully saturated rings. The number of ether oxygens (including phenoxy) is 1. The summed E-state index contributed by atoms with van der Waals surface area (Å²) in [7, 11) is 1.60. The highest BCUT2D eigenvalue weighted by Crippen LogP contribution is 2.23. The van der Waals surface area contributed by atoms with Crippen LogP contribution >= 0.6 is 0 Å². The Bertz CT molecular complexity index is 548. The predicted molar refractivity (Wildman–Crippen MR) is 67.6 cm³/mol. The van der Waals surface area contributed by atoms with Gasteiger partial charge >= 0.3 is 11.9 Å². The summed E-state index contributed by atoms with van der Waals surface area (Å²) in [5.41, 5.74) is 3.25. The summed E-state index contributed by atoms with van der Waals surface area (Å²) in [4.78, 5) is 20.1. The first-order valence-electron chi connectivity index (χ1n) is 5.79. The Hall–Kier alpha value is -2.34. The van der Waals surface area contributed by atoms with E-state index in [1.807, 2.05) is 19.1 Å². The van der Waals surface area contributed by atoms with Gasteiger partial charge in [0.05, 0.1) is 13.3 Å². The molecule has 6 heteroatoms. The van der Waals surface area contributed by atoms with Crippen molar-refractivity contribution >= 4 is 5.97 Å². The van der Waals surface area contributed by atoms with Gasteiger partial charge in [-0.25, -0.2) is 9.78 Å². The van der Waals surface area contributed by atoms with E-state index in [0.717, 1.165) is 11.3 Å². The molecule has 0 saturated carbocycles. The Morgan fingerprint density at radius 3 is 2.74 bits per heavy atom. The van der Waals surface area contributed by atoms with Crippen LogP contribution in [0, 0.1) is 0 Å². The lowest BCUT2D eigenvalue weighted by Crippen LogP contribution is -2.19. The average molecular weight is 262 g/mol. The zero-order valence-electron chi connectivity index (χ0n) is 10.7. The van der Waals surface area contributed by atoms with Gasteiger partial charge in [-0.3, -0.25) is 0 Å². The number of hydroxylamine groups is 1. The molecular weight excluding hydrogens is 248 g/mol. The van der Waals surface area contributed by atoms with Crippen LogP contribution in [-0.4, -0.2) is 24.6 Å². The van der Waals surface area contributed by atoms with Gasteiger partial charge in [0.2, 0.25) is 0 Å². The molecule has 0 bridgehead atoms. The van der Waals surface area contributed by atoms with E-state index in [2.05, 4.69) is 10.5 Å². The highest BCUT2D eigenvalue weighted by Gasteiger charge is 2.15. The second-order valence-corrected chi connectivity index (χ2v) is 3.65. The molecule has 0 saturated heterocycles. The van der Waals surface area contributed by atoms with E-state index in [-0.39, 0.29) is 5.89 Å². The van der Waals surface area contributed by atoms with Gasteiger partial charge in [-0.15, -0.1) is 0 Å². The van der Waals surface area contributed by atoms with Crippen molar-refractivity contribution < 1.29 is 18.8 Å². The number of carbonyl (C=O) groups excluding carboxylic acids is 1. The van der Waals surface area contributed by atoms with Crippen molar-refractivity contribution in [2.45, 2.75) is 6.92 Å². The minimum Gasteiger partial charge on any atom is -0.497 e. The zero-order valence-corrected chi connectivity index (χ0v) is 10.7.